The molecule has 1 aliphatic rings. The number of hydrogen-bond acceptors (Lipinski definition) is 5. The van der Waals surface area contributed by atoms with Gasteiger partial charge in [-0.05, 0) is 12.1 Å². The Balaban J connectivity index is 1.95. The van der Waals surface area contributed by atoms with E-state index in [0.717, 1.165) is 0 Å². The van der Waals surface area contributed by atoms with Crippen molar-refractivity contribution in [2.75, 3.05) is 6.61 Å². The van der Waals surface area contributed by atoms with Gasteiger partial charge in [0.2, 0.25) is 0 Å². The highest BCUT2D eigenvalue weighted by Gasteiger charge is 2.26. The largest absolute Gasteiger partial charge is 0.346 e. The van der Waals surface area contributed by atoms with Gasteiger partial charge in [-0.25, -0.2) is 4.99 Å². The second kappa shape index (κ2) is 6.00. The lowest BCUT2D eigenvalue weighted by Gasteiger charge is -2.10. The highest BCUT2D eigenvalue weighted by atomic mass is 35.5. The molecule has 1 atom stereocenters. The van der Waals surface area contributed by atoms with Crippen LogP contribution in [0.2, 0.25) is 10.0 Å². The molecule has 6 nitrogen and oxygen atoms in total. The molecule has 1 aromatic heterocycles. The molecule has 8 heteroatoms. The molecule has 0 N–H and O–H groups in total. The first-order chi connectivity index (χ1) is 10.6. The van der Waals surface area contributed by atoms with Crippen LogP contribution in [-0.4, -0.2) is 22.2 Å². The normalized spacial score (nSPS) is 17.4. The minimum atomic E-state index is -0.641. The Hall–Kier alpha value is -2.02. The first-order valence-electron chi connectivity index (χ1n) is 6.29. The Morgan fingerprint density at radius 3 is 2.68 bits per heavy atom. The van der Waals surface area contributed by atoms with Crippen molar-refractivity contribution in [3.63, 3.8) is 0 Å². The van der Waals surface area contributed by atoms with Gasteiger partial charge in [-0.1, -0.05) is 29.3 Å². The summed E-state index contributed by atoms with van der Waals surface area (Å²) >= 11 is 12.3. The zero-order chi connectivity index (χ0) is 15.7. The molecular weight excluding hydrogens is 329 g/mol. The molecule has 0 radical (unpaired) electrons. The van der Waals surface area contributed by atoms with Crippen LogP contribution in [0, 0.1) is 10.1 Å². The number of hydrogen-bond donors (Lipinski definition) is 0. The van der Waals surface area contributed by atoms with Crippen LogP contribution in [0.3, 0.4) is 0 Å². The molecular formula is C14H9Cl2N3O3. The maximum Gasteiger partial charge on any atom is 0.273 e. The van der Waals surface area contributed by atoms with Crippen molar-refractivity contribution in [3.8, 4) is 0 Å². The Morgan fingerprint density at radius 1 is 1.27 bits per heavy atom. The minimum Gasteiger partial charge on any atom is -0.346 e. The summed E-state index contributed by atoms with van der Waals surface area (Å²) in [6.07, 6.45) is 0.725. The maximum absolute atomic E-state index is 10.8. The standard InChI is InChI=1S/C14H9Cl2N3O3/c15-9-2-1-3-10(16)13(9)14-18-12(7-22-14)11-6-8(19(20)21)4-5-17-11/h1-6,14H,7H2. The molecule has 1 aromatic carbocycles. The van der Waals surface area contributed by atoms with Crippen LogP contribution in [-0.2, 0) is 4.74 Å². The summed E-state index contributed by atoms with van der Waals surface area (Å²) < 4.78 is 5.59. The molecule has 1 aliphatic heterocycles. The third-order valence-electron chi connectivity index (χ3n) is 3.15. The third kappa shape index (κ3) is 2.81. The fraction of sp³-hybridized carbons (Fsp3) is 0.143. The van der Waals surface area contributed by atoms with Crippen LogP contribution >= 0.6 is 23.2 Å². The molecule has 0 fully saturated rings. The summed E-state index contributed by atoms with van der Waals surface area (Å²) in [6, 6.07) is 7.81. The molecule has 3 rings (SSSR count). The first-order valence-corrected chi connectivity index (χ1v) is 7.05. The van der Waals surface area contributed by atoms with Crippen LogP contribution in [0.25, 0.3) is 0 Å². The number of aromatic nitrogens is 1. The van der Waals surface area contributed by atoms with E-state index in [0.29, 0.717) is 27.0 Å². The Labute approximate surface area is 135 Å². The number of aliphatic imine (C=N–C) groups is 1. The van der Waals surface area contributed by atoms with Crippen molar-refractivity contribution in [2.45, 2.75) is 6.23 Å². The molecule has 1 unspecified atom stereocenters. The minimum absolute atomic E-state index is 0.0491. The van der Waals surface area contributed by atoms with E-state index in [1.165, 1.54) is 18.3 Å². The fourth-order valence-corrected chi connectivity index (χ4v) is 2.68. The molecule has 0 spiro atoms. The first kappa shape index (κ1) is 14.9. The van der Waals surface area contributed by atoms with Gasteiger partial charge in [0.1, 0.15) is 0 Å². The smallest absolute Gasteiger partial charge is 0.273 e. The summed E-state index contributed by atoms with van der Waals surface area (Å²) in [4.78, 5) is 18.8. The summed E-state index contributed by atoms with van der Waals surface area (Å²) in [5.74, 6) is 0. The lowest BCUT2D eigenvalue weighted by atomic mass is 10.2. The van der Waals surface area contributed by atoms with Crippen molar-refractivity contribution < 1.29 is 9.66 Å². The molecule has 112 valence electrons. The number of benzene rings is 1. The number of nitro groups is 1. The zero-order valence-electron chi connectivity index (χ0n) is 11.1. The summed E-state index contributed by atoms with van der Waals surface area (Å²) in [7, 11) is 0. The average Bonchev–Trinajstić information content (AvgIpc) is 2.97. The van der Waals surface area contributed by atoms with E-state index in [4.69, 9.17) is 27.9 Å². The Bertz CT molecular complexity index is 759. The van der Waals surface area contributed by atoms with Gasteiger partial charge in [-0.15, -0.1) is 0 Å². The van der Waals surface area contributed by atoms with Gasteiger partial charge in [0.25, 0.3) is 5.69 Å². The van der Waals surface area contributed by atoms with E-state index in [9.17, 15) is 10.1 Å². The monoisotopic (exact) mass is 337 g/mol. The molecule has 2 heterocycles. The molecule has 22 heavy (non-hydrogen) atoms. The highest BCUT2D eigenvalue weighted by molar-refractivity contribution is 6.36. The van der Waals surface area contributed by atoms with Gasteiger partial charge >= 0.3 is 0 Å². The number of ether oxygens (including phenoxy) is 1. The second-order valence-electron chi connectivity index (χ2n) is 4.53. The van der Waals surface area contributed by atoms with Crippen LogP contribution in [0.4, 0.5) is 5.69 Å². The van der Waals surface area contributed by atoms with E-state index in [1.54, 1.807) is 18.2 Å². The average molecular weight is 338 g/mol. The molecule has 0 bridgehead atoms. The van der Waals surface area contributed by atoms with E-state index >= 15 is 0 Å². The van der Waals surface area contributed by atoms with Gasteiger partial charge < -0.3 is 4.74 Å². The number of rotatable bonds is 3. The SMILES string of the molecule is O=[N+]([O-])c1ccnc(C2=NC(c3c(Cl)cccc3Cl)OC2)c1. The molecule has 2 aromatic rings. The molecule has 0 amide bonds. The predicted molar refractivity (Wildman–Crippen MR) is 82.6 cm³/mol. The fourth-order valence-electron chi connectivity index (χ4n) is 2.10. The van der Waals surface area contributed by atoms with E-state index in [2.05, 4.69) is 9.98 Å². The zero-order valence-corrected chi connectivity index (χ0v) is 12.6. The van der Waals surface area contributed by atoms with Crippen molar-refractivity contribution in [1.82, 2.24) is 4.98 Å². The van der Waals surface area contributed by atoms with Gasteiger partial charge in [0.15, 0.2) is 6.23 Å². The highest BCUT2D eigenvalue weighted by Crippen LogP contribution is 2.35. The molecule has 0 aliphatic carbocycles. The van der Waals surface area contributed by atoms with Crippen molar-refractivity contribution in [1.29, 1.82) is 0 Å². The van der Waals surface area contributed by atoms with Crippen LogP contribution in [0.15, 0.2) is 41.5 Å². The summed E-state index contributed by atoms with van der Waals surface area (Å²) in [5.41, 5.74) is 1.45. The van der Waals surface area contributed by atoms with Crippen LogP contribution in [0.5, 0.6) is 0 Å². The van der Waals surface area contributed by atoms with Crippen LogP contribution in [0.1, 0.15) is 17.5 Å². The van der Waals surface area contributed by atoms with Crippen molar-refractivity contribution >= 4 is 34.6 Å². The molecule has 0 saturated heterocycles. The quantitative estimate of drug-likeness (QED) is 0.630. The number of halogens is 2. The lowest BCUT2D eigenvalue weighted by molar-refractivity contribution is -0.384. The van der Waals surface area contributed by atoms with Gasteiger partial charge in [-0.2, -0.15) is 0 Å². The molecule has 0 saturated carbocycles. The predicted octanol–water partition coefficient (Wildman–Crippen LogP) is 3.81. The van der Waals surface area contributed by atoms with Gasteiger partial charge in [0.05, 0.1) is 22.9 Å². The Morgan fingerprint density at radius 2 is 2.00 bits per heavy atom. The number of nitrogens with zero attached hydrogens (tertiary/aromatic N) is 3. The van der Waals surface area contributed by atoms with E-state index in [1.807, 2.05) is 0 Å². The van der Waals surface area contributed by atoms with Crippen molar-refractivity contribution in [2.24, 2.45) is 4.99 Å². The van der Waals surface area contributed by atoms with Crippen molar-refractivity contribution in [3.05, 3.63) is 67.9 Å². The van der Waals surface area contributed by atoms with Gasteiger partial charge in [0, 0.05) is 33.9 Å². The summed E-state index contributed by atoms with van der Waals surface area (Å²) in [6.45, 7) is 0.181. The number of pyridine rings is 1. The second-order valence-corrected chi connectivity index (χ2v) is 5.35. The lowest BCUT2D eigenvalue weighted by Crippen LogP contribution is -2.06. The van der Waals surface area contributed by atoms with E-state index < -0.39 is 11.2 Å². The van der Waals surface area contributed by atoms with Crippen LogP contribution < -0.4 is 0 Å². The van der Waals surface area contributed by atoms with Gasteiger partial charge in [-0.3, -0.25) is 15.1 Å². The topological polar surface area (TPSA) is 77.6 Å². The Kier molecular flexibility index (Phi) is 4.06. The summed E-state index contributed by atoms with van der Waals surface area (Å²) in [5, 5.41) is 11.7. The van der Waals surface area contributed by atoms with E-state index in [-0.39, 0.29) is 12.3 Å². The maximum atomic E-state index is 10.8. The third-order valence-corrected chi connectivity index (χ3v) is 3.81.